The van der Waals surface area contributed by atoms with Crippen LogP contribution in [-0.2, 0) is 10.1 Å². The molecule has 0 spiro atoms. The molecule has 0 aliphatic carbocycles. The number of alkyl halides is 9. The first-order valence-electron chi connectivity index (χ1n) is 6.65. The molecule has 27 heavy (non-hydrogen) atoms. The van der Waals surface area contributed by atoms with Crippen molar-refractivity contribution in [1.82, 2.24) is 4.48 Å². The quantitative estimate of drug-likeness (QED) is 0.438. The number of para-hydroxylation sites is 1. The SMILES string of the molecule is C[N+](C)(C)c1ccccc1.O=S(=O)(O)C(F)(F)C(F)(F)C(F)(F)C(F)(F)F. The van der Waals surface area contributed by atoms with Gasteiger partial charge in [0.2, 0.25) is 0 Å². The van der Waals surface area contributed by atoms with E-state index in [0.717, 1.165) is 4.48 Å². The minimum absolute atomic E-state index is 0.890. The Labute approximate surface area is 148 Å². The predicted octanol–water partition coefficient (Wildman–Crippen LogP) is 4.18. The summed E-state index contributed by atoms with van der Waals surface area (Å²) in [5.41, 5.74) is 1.34. The van der Waals surface area contributed by atoms with Gasteiger partial charge in [0.15, 0.2) is 0 Å². The van der Waals surface area contributed by atoms with Gasteiger partial charge in [-0.15, -0.1) is 0 Å². The molecule has 0 saturated carbocycles. The molecule has 0 fully saturated rings. The van der Waals surface area contributed by atoms with Crippen LogP contribution in [0.25, 0.3) is 0 Å². The molecule has 1 N–H and O–H groups in total. The van der Waals surface area contributed by atoms with Crippen molar-refractivity contribution >= 4 is 15.8 Å². The van der Waals surface area contributed by atoms with Crippen LogP contribution in [0.2, 0.25) is 0 Å². The minimum atomic E-state index is -7.37. The number of nitrogens with zero attached hydrogens (tertiary/aromatic N) is 1. The summed E-state index contributed by atoms with van der Waals surface area (Å²) >= 11 is 0. The van der Waals surface area contributed by atoms with Gasteiger partial charge in [-0.25, -0.2) is 0 Å². The average Bonchev–Trinajstić information content (AvgIpc) is 2.45. The summed E-state index contributed by atoms with van der Waals surface area (Å²) in [5, 5.41) is -7.00. The standard InChI is InChI=1S/C9H14N.C4HF9O3S/c1-10(2,3)9-7-5-4-6-8-9;5-1(6,3(9,10)11)2(7,8)4(12,13)17(14,15)16/h4-8H,1-3H3;(H,14,15,16)/q+1;. The highest BCUT2D eigenvalue weighted by Gasteiger charge is 2.85. The molecule has 158 valence electrons. The van der Waals surface area contributed by atoms with Crippen LogP contribution in [0.4, 0.5) is 45.2 Å². The number of hydrogen-bond acceptors (Lipinski definition) is 2. The molecule has 0 heterocycles. The van der Waals surface area contributed by atoms with E-state index in [1.54, 1.807) is 0 Å². The van der Waals surface area contributed by atoms with Crippen molar-refractivity contribution in [2.24, 2.45) is 0 Å². The molecule has 0 aliphatic heterocycles. The predicted molar refractivity (Wildman–Crippen MR) is 78.5 cm³/mol. The van der Waals surface area contributed by atoms with E-state index in [1.807, 2.05) is 6.07 Å². The lowest BCUT2D eigenvalue weighted by molar-refractivity contribution is -0.382. The second-order valence-electron chi connectivity index (χ2n) is 5.99. The largest absolute Gasteiger partial charge is 0.460 e. The Morgan fingerprint density at radius 3 is 1.37 bits per heavy atom. The number of hydrogen-bond donors (Lipinski definition) is 1. The lowest BCUT2D eigenvalue weighted by atomic mass is 10.1. The average molecular weight is 436 g/mol. The van der Waals surface area contributed by atoms with E-state index in [2.05, 4.69) is 45.4 Å². The van der Waals surface area contributed by atoms with Crippen LogP contribution in [0.15, 0.2) is 30.3 Å². The maximum Gasteiger partial charge on any atom is 0.460 e. The Balaban J connectivity index is 0.000000569. The van der Waals surface area contributed by atoms with Crippen molar-refractivity contribution in [3.05, 3.63) is 30.3 Å². The molecule has 0 saturated heterocycles. The molecule has 0 aromatic heterocycles. The van der Waals surface area contributed by atoms with Gasteiger partial charge in [0.05, 0.1) is 21.1 Å². The van der Waals surface area contributed by atoms with E-state index in [-0.39, 0.29) is 0 Å². The van der Waals surface area contributed by atoms with Gasteiger partial charge < -0.3 is 0 Å². The van der Waals surface area contributed by atoms with Crippen molar-refractivity contribution in [3.8, 4) is 0 Å². The smallest absolute Gasteiger partial charge is 0.298 e. The molecular formula is C13H15F9NO3S+. The van der Waals surface area contributed by atoms with E-state index in [4.69, 9.17) is 4.55 Å². The summed E-state index contributed by atoms with van der Waals surface area (Å²) in [4.78, 5) is 0. The number of rotatable bonds is 4. The Morgan fingerprint density at radius 1 is 0.778 bits per heavy atom. The topological polar surface area (TPSA) is 54.4 Å². The Kier molecular flexibility index (Phi) is 7.04. The summed E-state index contributed by atoms with van der Waals surface area (Å²) in [6.07, 6.45) is -7.13. The fourth-order valence-electron chi connectivity index (χ4n) is 1.40. The van der Waals surface area contributed by atoms with E-state index in [0.29, 0.717) is 0 Å². The fraction of sp³-hybridized carbons (Fsp3) is 0.538. The molecule has 1 aromatic carbocycles. The van der Waals surface area contributed by atoms with Gasteiger partial charge in [0.25, 0.3) is 0 Å². The highest BCUT2D eigenvalue weighted by atomic mass is 32.2. The van der Waals surface area contributed by atoms with Gasteiger partial charge in [-0.05, 0) is 12.1 Å². The highest BCUT2D eigenvalue weighted by Crippen LogP contribution is 2.54. The van der Waals surface area contributed by atoms with Crippen LogP contribution in [-0.4, -0.2) is 57.4 Å². The molecule has 1 aromatic rings. The van der Waals surface area contributed by atoms with Gasteiger partial charge >= 0.3 is 33.4 Å². The van der Waals surface area contributed by atoms with E-state index in [1.165, 1.54) is 5.69 Å². The van der Waals surface area contributed by atoms with Crippen molar-refractivity contribution in [3.63, 3.8) is 0 Å². The molecular weight excluding hydrogens is 421 g/mol. The molecule has 0 aliphatic rings. The molecule has 14 heteroatoms. The van der Waals surface area contributed by atoms with Gasteiger partial charge in [0.1, 0.15) is 5.69 Å². The van der Waals surface area contributed by atoms with Gasteiger partial charge in [-0.1, -0.05) is 18.2 Å². The fourth-order valence-corrected chi connectivity index (χ4v) is 1.85. The number of benzene rings is 1. The summed E-state index contributed by atoms with van der Waals surface area (Å²) in [6, 6.07) is 10.5. The van der Waals surface area contributed by atoms with E-state index in [9.17, 15) is 47.9 Å². The normalized spacial score (nSPS) is 14.4. The Bertz CT molecular complexity index is 726. The molecule has 0 unspecified atom stereocenters. The highest BCUT2D eigenvalue weighted by molar-refractivity contribution is 7.87. The van der Waals surface area contributed by atoms with E-state index < -0.39 is 33.4 Å². The third kappa shape index (κ3) is 5.25. The zero-order chi connectivity index (χ0) is 22.1. The molecule has 0 atom stereocenters. The van der Waals surface area contributed by atoms with Crippen LogP contribution in [0, 0.1) is 0 Å². The third-order valence-corrected chi connectivity index (χ3v) is 3.87. The lowest BCUT2D eigenvalue weighted by Gasteiger charge is -2.31. The molecule has 0 bridgehead atoms. The van der Waals surface area contributed by atoms with E-state index >= 15 is 0 Å². The van der Waals surface area contributed by atoms with Gasteiger partial charge in [-0.2, -0.15) is 47.9 Å². The lowest BCUT2D eigenvalue weighted by Crippen LogP contribution is -2.63. The first-order valence-corrected chi connectivity index (χ1v) is 8.09. The maximum absolute atomic E-state index is 12.2. The van der Waals surface area contributed by atoms with Crippen molar-refractivity contribution in [1.29, 1.82) is 0 Å². The second-order valence-corrected chi connectivity index (χ2v) is 7.45. The summed E-state index contributed by atoms with van der Waals surface area (Å²) in [7, 11) is -0.681. The zero-order valence-electron chi connectivity index (χ0n) is 13.9. The summed E-state index contributed by atoms with van der Waals surface area (Å²) < 4.78 is 135. The Morgan fingerprint density at radius 2 is 1.15 bits per heavy atom. The summed E-state index contributed by atoms with van der Waals surface area (Å²) in [6.45, 7) is 0. The second kappa shape index (κ2) is 7.47. The third-order valence-electron chi connectivity index (χ3n) is 2.97. The molecule has 4 nitrogen and oxygen atoms in total. The first kappa shape index (κ1) is 25.5. The van der Waals surface area contributed by atoms with Crippen LogP contribution in [0.3, 0.4) is 0 Å². The molecule has 0 radical (unpaired) electrons. The van der Waals surface area contributed by atoms with Gasteiger partial charge in [0, 0.05) is 0 Å². The molecule has 0 amide bonds. The van der Waals surface area contributed by atoms with Crippen LogP contribution < -0.4 is 4.48 Å². The van der Waals surface area contributed by atoms with Crippen molar-refractivity contribution < 1.29 is 52.5 Å². The number of halogens is 9. The monoisotopic (exact) mass is 436 g/mol. The maximum atomic E-state index is 12.2. The Hall–Kier alpha value is -1.54. The van der Waals surface area contributed by atoms with Crippen LogP contribution in [0.1, 0.15) is 0 Å². The van der Waals surface area contributed by atoms with Gasteiger partial charge in [-0.3, -0.25) is 9.04 Å². The van der Waals surface area contributed by atoms with Crippen molar-refractivity contribution in [2.75, 3.05) is 21.1 Å². The van der Waals surface area contributed by atoms with Crippen molar-refractivity contribution in [2.45, 2.75) is 23.3 Å². The number of quaternary nitrogens is 1. The van der Waals surface area contributed by atoms with Crippen LogP contribution >= 0.6 is 0 Å². The molecule has 1 rings (SSSR count). The zero-order valence-corrected chi connectivity index (χ0v) is 14.7. The first-order chi connectivity index (χ1) is 11.6. The summed E-state index contributed by atoms with van der Waals surface area (Å²) in [5.74, 6) is -14.7. The van der Waals surface area contributed by atoms with Crippen LogP contribution in [0.5, 0.6) is 0 Å². The minimum Gasteiger partial charge on any atom is -0.298 e.